The van der Waals surface area contributed by atoms with Crippen LogP contribution < -0.4 is 5.32 Å². The Morgan fingerprint density at radius 2 is 1.93 bits per heavy atom. The minimum absolute atomic E-state index is 0.0202. The van der Waals surface area contributed by atoms with Crippen LogP contribution in [0.4, 0.5) is 0 Å². The Labute approximate surface area is 91.7 Å². The number of hydrogen-bond acceptors (Lipinski definition) is 3. The Bertz CT molecular complexity index is 242. The van der Waals surface area contributed by atoms with E-state index >= 15 is 0 Å². The van der Waals surface area contributed by atoms with Crippen molar-refractivity contribution in [2.24, 2.45) is 0 Å². The predicted molar refractivity (Wildman–Crippen MR) is 58.0 cm³/mol. The molecule has 6 heteroatoms. The average Bonchev–Trinajstić information content (AvgIpc) is 2.11. The van der Waals surface area contributed by atoms with Gasteiger partial charge in [0.05, 0.1) is 0 Å². The van der Waals surface area contributed by atoms with Crippen LogP contribution in [0.5, 0.6) is 0 Å². The maximum absolute atomic E-state index is 11.1. The molecular weight excluding hydrogens is 218 g/mol. The van der Waals surface area contributed by atoms with Gasteiger partial charge in [-0.05, 0) is 12.8 Å². The summed E-state index contributed by atoms with van der Waals surface area (Å²) in [6.07, 6.45) is 2.93. The van der Waals surface area contributed by atoms with Crippen LogP contribution in [0.2, 0.25) is 0 Å². The van der Waals surface area contributed by atoms with Crippen LogP contribution in [0.3, 0.4) is 0 Å². The molecule has 0 aliphatic rings. The first-order chi connectivity index (χ1) is 7.02. The zero-order valence-corrected chi connectivity index (χ0v) is 9.64. The van der Waals surface area contributed by atoms with Crippen LogP contribution in [0, 0.1) is 0 Å². The van der Waals surface area contributed by atoms with Crippen LogP contribution in [0.15, 0.2) is 0 Å². The largest absolute Gasteiger partial charge is 0.481 e. The number of rotatable bonds is 8. The van der Waals surface area contributed by atoms with E-state index in [0.29, 0.717) is 25.1 Å². The summed E-state index contributed by atoms with van der Waals surface area (Å²) < 4.78 is 10.7. The van der Waals surface area contributed by atoms with Crippen LogP contribution in [-0.2, 0) is 20.4 Å². The highest BCUT2D eigenvalue weighted by Gasteiger charge is 2.03. The average molecular weight is 235 g/mol. The quantitative estimate of drug-likeness (QED) is 0.586. The first-order valence-electron chi connectivity index (χ1n) is 4.81. The molecule has 0 spiro atoms. The molecule has 0 aliphatic carbocycles. The summed E-state index contributed by atoms with van der Waals surface area (Å²) in [6, 6.07) is 0. The third kappa shape index (κ3) is 11.0. The molecule has 1 unspecified atom stereocenters. The molecule has 88 valence electrons. The van der Waals surface area contributed by atoms with Crippen LogP contribution in [-0.4, -0.2) is 39.7 Å². The molecule has 5 nitrogen and oxygen atoms in total. The van der Waals surface area contributed by atoms with Gasteiger partial charge in [0.15, 0.2) is 0 Å². The summed E-state index contributed by atoms with van der Waals surface area (Å²) in [5.41, 5.74) is 0. The van der Waals surface area contributed by atoms with E-state index in [0.717, 1.165) is 0 Å². The number of hydrogen-bond donors (Lipinski definition) is 2. The Morgan fingerprint density at radius 1 is 1.27 bits per heavy atom. The fourth-order valence-corrected chi connectivity index (χ4v) is 1.54. The molecule has 2 N–H and O–H groups in total. The van der Waals surface area contributed by atoms with Gasteiger partial charge in [0, 0.05) is 42.2 Å². The lowest BCUT2D eigenvalue weighted by Gasteiger charge is -2.03. The van der Waals surface area contributed by atoms with Crippen LogP contribution in [0.1, 0.15) is 25.7 Å². The Kier molecular flexibility index (Phi) is 7.89. The molecule has 0 saturated carbocycles. The smallest absolute Gasteiger partial charge is 0.303 e. The molecule has 0 radical (unpaired) electrons. The number of aliphatic carboxylic acids is 1. The van der Waals surface area contributed by atoms with E-state index in [1.54, 1.807) is 6.26 Å². The molecule has 1 amide bonds. The minimum atomic E-state index is -0.885. The van der Waals surface area contributed by atoms with Crippen molar-refractivity contribution in [3.8, 4) is 0 Å². The second-order valence-corrected chi connectivity index (χ2v) is 4.78. The number of carboxylic acid groups (broad SMARTS) is 1. The number of nitrogens with one attached hydrogen (secondary N) is 1. The van der Waals surface area contributed by atoms with E-state index in [4.69, 9.17) is 5.11 Å². The second-order valence-electron chi connectivity index (χ2n) is 3.23. The third-order valence-electron chi connectivity index (χ3n) is 1.73. The summed E-state index contributed by atoms with van der Waals surface area (Å²) >= 11 is 0. The first-order valence-corrected chi connectivity index (χ1v) is 6.53. The molecule has 0 aliphatic heterocycles. The van der Waals surface area contributed by atoms with Gasteiger partial charge in [-0.3, -0.25) is 13.8 Å². The molecule has 0 fully saturated rings. The van der Waals surface area contributed by atoms with Gasteiger partial charge in [0.1, 0.15) is 0 Å². The molecule has 0 aromatic heterocycles. The lowest BCUT2D eigenvalue weighted by molar-refractivity contribution is -0.137. The molecule has 0 bridgehead atoms. The molecule has 0 saturated heterocycles. The van der Waals surface area contributed by atoms with Crippen molar-refractivity contribution in [2.45, 2.75) is 25.7 Å². The van der Waals surface area contributed by atoms with Crippen molar-refractivity contribution in [2.75, 3.05) is 18.6 Å². The summed E-state index contributed by atoms with van der Waals surface area (Å²) in [5, 5.41) is 11.0. The van der Waals surface area contributed by atoms with E-state index in [9.17, 15) is 13.8 Å². The highest BCUT2D eigenvalue weighted by molar-refractivity contribution is 7.84. The zero-order valence-electron chi connectivity index (χ0n) is 8.82. The normalized spacial score (nSPS) is 12.1. The topological polar surface area (TPSA) is 83.5 Å². The second kappa shape index (κ2) is 8.40. The third-order valence-corrected chi connectivity index (χ3v) is 2.59. The van der Waals surface area contributed by atoms with Crippen molar-refractivity contribution < 1.29 is 18.9 Å². The summed E-state index contributed by atoms with van der Waals surface area (Å²) in [5.74, 6) is -0.447. The van der Waals surface area contributed by atoms with Gasteiger partial charge in [-0.15, -0.1) is 0 Å². The first kappa shape index (κ1) is 14.1. The number of carboxylic acids is 1. The fourth-order valence-electron chi connectivity index (χ4n) is 0.992. The maximum atomic E-state index is 11.1. The summed E-state index contributed by atoms with van der Waals surface area (Å²) in [7, 11) is -0.821. The van der Waals surface area contributed by atoms with E-state index < -0.39 is 16.8 Å². The molecular formula is C9H17NO4S. The lowest BCUT2D eigenvalue weighted by Crippen LogP contribution is -2.25. The van der Waals surface area contributed by atoms with E-state index in [2.05, 4.69) is 5.32 Å². The van der Waals surface area contributed by atoms with Crippen LogP contribution >= 0.6 is 0 Å². The van der Waals surface area contributed by atoms with E-state index in [-0.39, 0.29) is 18.7 Å². The van der Waals surface area contributed by atoms with Gasteiger partial charge in [0.2, 0.25) is 5.91 Å². The van der Waals surface area contributed by atoms with Crippen LogP contribution in [0.25, 0.3) is 0 Å². The van der Waals surface area contributed by atoms with Crippen molar-refractivity contribution in [3.63, 3.8) is 0 Å². The fraction of sp³-hybridized carbons (Fsp3) is 0.778. The van der Waals surface area contributed by atoms with Gasteiger partial charge >= 0.3 is 5.97 Å². The van der Waals surface area contributed by atoms with E-state index in [1.165, 1.54) is 0 Å². The molecule has 15 heavy (non-hydrogen) atoms. The Balaban J connectivity index is 3.33. The monoisotopic (exact) mass is 235 g/mol. The van der Waals surface area contributed by atoms with Gasteiger partial charge < -0.3 is 10.4 Å². The SMILES string of the molecule is CS(=O)CCCNC(=O)CCCC(=O)O. The Morgan fingerprint density at radius 3 is 2.47 bits per heavy atom. The highest BCUT2D eigenvalue weighted by Crippen LogP contribution is 1.94. The zero-order chi connectivity index (χ0) is 11.7. The molecule has 1 atom stereocenters. The van der Waals surface area contributed by atoms with Gasteiger partial charge in [-0.25, -0.2) is 0 Å². The standard InChI is InChI=1S/C9H17NO4S/c1-15(14)7-3-6-10-8(11)4-2-5-9(12)13/h2-7H2,1H3,(H,10,11)(H,12,13). The summed E-state index contributed by atoms with van der Waals surface area (Å²) in [4.78, 5) is 21.2. The maximum Gasteiger partial charge on any atom is 0.303 e. The molecule has 0 heterocycles. The predicted octanol–water partition coefficient (Wildman–Crippen LogP) is 0.126. The van der Waals surface area contributed by atoms with Crippen molar-refractivity contribution in [3.05, 3.63) is 0 Å². The number of carbonyl (C=O) groups is 2. The van der Waals surface area contributed by atoms with Crippen molar-refractivity contribution in [1.82, 2.24) is 5.32 Å². The minimum Gasteiger partial charge on any atom is -0.481 e. The van der Waals surface area contributed by atoms with Gasteiger partial charge in [-0.2, -0.15) is 0 Å². The van der Waals surface area contributed by atoms with Crippen molar-refractivity contribution in [1.29, 1.82) is 0 Å². The number of carbonyl (C=O) groups excluding carboxylic acids is 1. The molecule has 0 aromatic carbocycles. The van der Waals surface area contributed by atoms with Crippen molar-refractivity contribution >= 4 is 22.7 Å². The van der Waals surface area contributed by atoms with Gasteiger partial charge in [0.25, 0.3) is 0 Å². The van der Waals surface area contributed by atoms with Gasteiger partial charge in [-0.1, -0.05) is 0 Å². The molecule has 0 aromatic rings. The highest BCUT2D eigenvalue weighted by atomic mass is 32.2. The lowest BCUT2D eigenvalue weighted by atomic mass is 10.2. The number of amides is 1. The molecule has 0 rings (SSSR count). The Hall–Kier alpha value is -0.910. The van der Waals surface area contributed by atoms with E-state index in [1.807, 2.05) is 0 Å². The summed E-state index contributed by atoms with van der Waals surface area (Å²) in [6.45, 7) is 0.505.